The first-order valence-corrected chi connectivity index (χ1v) is 10.9. The van der Waals surface area contributed by atoms with Gasteiger partial charge in [-0.1, -0.05) is 43.7 Å². The summed E-state index contributed by atoms with van der Waals surface area (Å²) < 4.78 is 33.1. The summed E-state index contributed by atoms with van der Waals surface area (Å²) in [5.74, 6) is -0.0734. The van der Waals surface area contributed by atoms with E-state index in [0.717, 1.165) is 35.4 Å². The van der Waals surface area contributed by atoms with E-state index in [2.05, 4.69) is 6.92 Å². The van der Waals surface area contributed by atoms with Crippen molar-refractivity contribution in [2.45, 2.75) is 44.9 Å². The molecule has 0 saturated heterocycles. The van der Waals surface area contributed by atoms with Crippen LogP contribution in [-0.4, -0.2) is 5.97 Å². The molecular weight excluding hydrogens is 394 g/mol. The number of carbonyl (C=O) groups is 1. The number of hydrogen-bond donors (Lipinski definition) is 0. The Bertz CT molecular complexity index is 1030. The molecule has 3 aromatic carbocycles. The molecule has 0 aliphatic heterocycles. The van der Waals surface area contributed by atoms with Crippen molar-refractivity contribution < 1.29 is 18.3 Å². The lowest BCUT2D eigenvalue weighted by atomic mass is 9.78. The van der Waals surface area contributed by atoms with Gasteiger partial charge >= 0.3 is 5.97 Å². The fraction of sp³-hybridized carbons (Fsp3) is 0.296. The molecule has 160 valence electrons. The maximum Gasteiger partial charge on any atom is 0.346 e. The van der Waals surface area contributed by atoms with Crippen LogP contribution in [0.3, 0.4) is 0 Å². The van der Waals surface area contributed by atoms with Gasteiger partial charge in [0.2, 0.25) is 0 Å². The lowest BCUT2D eigenvalue weighted by Crippen LogP contribution is -2.14. The third-order valence-electron chi connectivity index (χ3n) is 6.35. The van der Waals surface area contributed by atoms with Crippen LogP contribution in [0.15, 0.2) is 66.7 Å². The van der Waals surface area contributed by atoms with E-state index in [0.29, 0.717) is 11.7 Å². The molecule has 4 rings (SSSR count). The van der Waals surface area contributed by atoms with Gasteiger partial charge in [0.25, 0.3) is 0 Å². The van der Waals surface area contributed by atoms with E-state index in [1.54, 1.807) is 36.4 Å². The number of esters is 1. The third-order valence-corrected chi connectivity index (χ3v) is 6.35. The monoisotopic (exact) mass is 420 g/mol. The van der Waals surface area contributed by atoms with E-state index in [9.17, 15) is 13.6 Å². The Hall–Kier alpha value is -3.01. The van der Waals surface area contributed by atoms with Crippen molar-refractivity contribution in [2.24, 2.45) is 5.92 Å². The maximum atomic E-state index is 14.7. The highest BCUT2D eigenvalue weighted by Gasteiger charge is 2.23. The Morgan fingerprint density at radius 2 is 1.48 bits per heavy atom. The van der Waals surface area contributed by atoms with E-state index in [1.165, 1.54) is 43.5 Å². The first kappa shape index (κ1) is 21.2. The zero-order valence-electron chi connectivity index (χ0n) is 17.6. The molecule has 4 heteroatoms. The summed E-state index contributed by atoms with van der Waals surface area (Å²) in [5, 5.41) is 0. The predicted molar refractivity (Wildman–Crippen MR) is 118 cm³/mol. The first-order valence-electron chi connectivity index (χ1n) is 10.9. The molecule has 0 atom stereocenters. The van der Waals surface area contributed by atoms with Crippen molar-refractivity contribution >= 4 is 5.97 Å². The quantitative estimate of drug-likeness (QED) is 0.315. The zero-order chi connectivity index (χ0) is 21.8. The van der Waals surface area contributed by atoms with E-state index in [4.69, 9.17) is 4.74 Å². The minimum Gasteiger partial charge on any atom is -0.423 e. The molecule has 0 heterocycles. The minimum absolute atomic E-state index is 0.0615. The molecule has 0 bridgehead atoms. The molecule has 0 N–H and O–H groups in total. The summed E-state index contributed by atoms with van der Waals surface area (Å²) in [5.41, 5.74) is 2.63. The summed E-state index contributed by atoms with van der Waals surface area (Å²) >= 11 is 0. The second-order valence-electron chi connectivity index (χ2n) is 8.29. The Balaban J connectivity index is 1.42. The van der Waals surface area contributed by atoms with Crippen LogP contribution in [0.25, 0.3) is 11.1 Å². The van der Waals surface area contributed by atoms with Crippen LogP contribution in [0.5, 0.6) is 5.75 Å². The largest absolute Gasteiger partial charge is 0.423 e. The van der Waals surface area contributed by atoms with Gasteiger partial charge in [-0.2, -0.15) is 0 Å². The van der Waals surface area contributed by atoms with Crippen LogP contribution in [-0.2, 0) is 0 Å². The average molecular weight is 420 g/mol. The molecule has 3 aromatic rings. The van der Waals surface area contributed by atoms with Crippen LogP contribution < -0.4 is 4.74 Å². The smallest absolute Gasteiger partial charge is 0.346 e. The SMILES string of the molecule is CCC1CCC(c2ccc(C(=O)Oc3ccc(-c4ccc(F)cc4)cc3)c(F)c2)CC1. The van der Waals surface area contributed by atoms with Gasteiger partial charge in [0.15, 0.2) is 0 Å². The number of ether oxygens (including phenoxy) is 1. The zero-order valence-corrected chi connectivity index (χ0v) is 17.6. The van der Waals surface area contributed by atoms with Crippen molar-refractivity contribution in [1.29, 1.82) is 0 Å². The summed E-state index contributed by atoms with van der Waals surface area (Å²) in [6.07, 6.45) is 5.71. The van der Waals surface area contributed by atoms with E-state index in [-0.39, 0.29) is 11.4 Å². The van der Waals surface area contributed by atoms with Gasteiger partial charge in [0.1, 0.15) is 17.4 Å². The van der Waals surface area contributed by atoms with E-state index in [1.807, 2.05) is 6.07 Å². The molecule has 0 radical (unpaired) electrons. The van der Waals surface area contributed by atoms with Crippen LogP contribution in [0.1, 0.15) is 60.9 Å². The number of carbonyl (C=O) groups excluding carboxylic acids is 1. The second-order valence-corrected chi connectivity index (χ2v) is 8.29. The lowest BCUT2D eigenvalue weighted by Gasteiger charge is -2.28. The van der Waals surface area contributed by atoms with Gasteiger partial charge < -0.3 is 4.74 Å². The predicted octanol–water partition coefficient (Wildman–Crippen LogP) is 7.53. The fourth-order valence-electron chi connectivity index (χ4n) is 4.37. The molecular formula is C27H26F2O2. The fourth-order valence-corrected chi connectivity index (χ4v) is 4.37. The third kappa shape index (κ3) is 5.01. The highest BCUT2D eigenvalue weighted by atomic mass is 19.1. The number of benzene rings is 3. The molecule has 31 heavy (non-hydrogen) atoms. The van der Waals surface area contributed by atoms with Crippen molar-refractivity contribution in [3.8, 4) is 16.9 Å². The summed E-state index contributed by atoms with van der Waals surface area (Å²) in [4.78, 5) is 12.5. The molecule has 0 unspecified atom stereocenters. The molecule has 2 nitrogen and oxygen atoms in total. The highest BCUT2D eigenvalue weighted by molar-refractivity contribution is 5.91. The van der Waals surface area contributed by atoms with Gasteiger partial charge in [-0.25, -0.2) is 13.6 Å². The molecule has 0 spiro atoms. The van der Waals surface area contributed by atoms with Gasteiger partial charge in [0, 0.05) is 0 Å². The number of rotatable bonds is 5. The molecule has 0 aromatic heterocycles. The summed E-state index contributed by atoms with van der Waals surface area (Å²) in [6, 6.07) is 17.9. The molecule has 1 aliphatic carbocycles. The average Bonchev–Trinajstić information content (AvgIpc) is 2.80. The summed E-state index contributed by atoms with van der Waals surface area (Å²) in [6.45, 7) is 2.22. The van der Waals surface area contributed by atoms with Gasteiger partial charge in [-0.15, -0.1) is 0 Å². The van der Waals surface area contributed by atoms with Crippen molar-refractivity contribution in [2.75, 3.05) is 0 Å². The number of halogens is 2. The number of hydrogen-bond acceptors (Lipinski definition) is 2. The minimum atomic E-state index is -0.715. The topological polar surface area (TPSA) is 26.3 Å². The van der Waals surface area contributed by atoms with Gasteiger partial charge in [0.05, 0.1) is 5.56 Å². The Morgan fingerprint density at radius 3 is 2.06 bits per heavy atom. The molecule has 1 fully saturated rings. The molecule has 0 amide bonds. The van der Waals surface area contributed by atoms with Crippen LogP contribution >= 0.6 is 0 Å². The van der Waals surface area contributed by atoms with Gasteiger partial charge in [-0.05, 0) is 90.6 Å². The van der Waals surface area contributed by atoms with Crippen molar-refractivity contribution in [1.82, 2.24) is 0 Å². The normalized spacial score (nSPS) is 18.5. The van der Waals surface area contributed by atoms with E-state index < -0.39 is 11.8 Å². The lowest BCUT2D eigenvalue weighted by molar-refractivity contribution is 0.0730. The molecule has 1 aliphatic rings. The molecule has 1 saturated carbocycles. The highest BCUT2D eigenvalue weighted by Crippen LogP contribution is 2.37. The van der Waals surface area contributed by atoms with E-state index >= 15 is 0 Å². The standard InChI is InChI=1S/C27H26F2O2/c1-2-18-3-5-21(6-4-18)22-11-16-25(26(29)17-22)27(30)31-24-14-9-20(10-15-24)19-7-12-23(28)13-8-19/h7-18,21H,2-6H2,1H3. The Morgan fingerprint density at radius 1 is 0.871 bits per heavy atom. The van der Waals surface area contributed by atoms with Crippen molar-refractivity contribution in [3.05, 3.63) is 89.5 Å². The second kappa shape index (κ2) is 9.42. The van der Waals surface area contributed by atoms with Gasteiger partial charge in [-0.3, -0.25) is 0 Å². The maximum absolute atomic E-state index is 14.7. The first-order chi connectivity index (χ1) is 15.0. The van der Waals surface area contributed by atoms with Crippen LogP contribution in [0.4, 0.5) is 8.78 Å². The van der Waals surface area contributed by atoms with Crippen LogP contribution in [0, 0.1) is 17.6 Å². The Kier molecular flexibility index (Phi) is 6.45. The van der Waals surface area contributed by atoms with Crippen LogP contribution in [0.2, 0.25) is 0 Å². The Labute approximate surface area is 181 Å². The summed E-state index contributed by atoms with van der Waals surface area (Å²) in [7, 11) is 0. The van der Waals surface area contributed by atoms with Crippen molar-refractivity contribution in [3.63, 3.8) is 0 Å².